The average Bonchev–Trinajstić information content (AvgIpc) is 3.22. The molecule has 0 aromatic heterocycles. The topological polar surface area (TPSA) is 50.8 Å². The number of urea groups is 1. The number of hydrogen-bond acceptors (Lipinski definition) is 3. The summed E-state index contributed by atoms with van der Waals surface area (Å²) in [6.45, 7) is 1.60. The first-order chi connectivity index (χ1) is 13.2. The summed E-state index contributed by atoms with van der Waals surface area (Å²) in [5.41, 5.74) is 2.83. The lowest BCUT2D eigenvalue weighted by Gasteiger charge is -2.20. The lowest BCUT2D eigenvalue weighted by atomic mass is 10.0. The summed E-state index contributed by atoms with van der Waals surface area (Å²) in [7, 11) is 3.48. The van der Waals surface area contributed by atoms with Gasteiger partial charge in [-0.05, 0) is 49.4 Å². The number of para-hydroxylation sites is 1. The third-order valence-electron chi connectivity index (χ3n) is 4.96. The fraction of sp³-hybridized carbons (Fsp3) is 0.409. The molecule has 2 amide bonds. The molecular weight excluding hydrogens is 340 g/mol. The molecule has 1 heterocycles. The van der Waals surface area contributed by atoms with Gasteiger partial charge >= 0.3 is 6.03 Å². The van der Waals surface area contributed by atoms with E-state index < -0.39 is 0 Å². The van der Waals surface area contributed by atoms with Crippen LogP contribution in [0.2, 0.25) is 0 Å². The summed E-state index contributed by atoms with van der Waals surface area (Å²) in [5.74, 6) is 0.811. The number of carbonyl (C=O) groups excluding carboxylic acids is 1. The lowest BCUT2D eigenvalue weighted by Crippen LogP contribution is -2.32. The van der Waals surface area contributed by atoms with Gasteiger partial charge in [0.15, 0.2) is 0 Å². The van der Waals surface area contributed by atoms with E-state index in [1.165, 1.54) is 0 Å². The second kappa shape index (κ2) is 9.42. The molecule has 3 rings (SSSR count). The molecule has 1 fully saturated rings. The number of rotatable bonds is 7. The first-order valence-electron chi connectivity index (χ1n) is 9.54. The van der Waals surface area contributed by atoms with Crippen LogP contribution >= 0.6 is 0 Å². The SMILES string of the molecule is COc1ccc(-c2ccccc2NC(=O)N(C)CCC[C@@H]2CCCO2)cc1. The van der Waals surface area contributed by atoms with Crippen molar-refractivity contribution in [3.8, 4) is 16.9 Å². The molecule has 5 nitrogen and oxygen atoms in total. The summed E-state index contributed by atoms with van der Waals surface area (Å²) in [5, 5.41) is 3.04. The number of ether oxygens (including phenoxy) is 2. The van der Waals surface area contributed by atoms with E-state index in [1.54, 1.807) is 12.0 Å². The van der Waals surface area contributed by atoms with Crippen molar-refractivity contribution in [2.75, 3.05) is 32.6 Å². The molecule has 1 atom stereocenters. The Morgan fingerprint density at radius 3 is 2.70 bits per heavy atom. The molecule has 1 N–H and O–H groups in total. The molecule has 2 aromatic rings. The maximum absolute atomic E-state index is 12.6. The predicted molar refractivity (Wildman–Crippen MR) is 108 cm³/mol. The van der Waals surface area contributed by atoms with Gasteiger partial charge in [0.05, 0.1) is 18.9 Å². The highest BCUT2D eigenvalue weighted by molar-refractivity contribution is 5.94. The smallest absolute Gasteiger partial charge is 0.321 e. The molecule has 0 bridgehead atoms. The van der Waals surface area contributed by atoms with Crippen LogP contribution in [0.1, 0.15) is 25.7 Å². The monoisotopic (exact) mass is 368 g/mol. The minimum Gasteiger partial charge on any atom is -0.497 e. The van der Waals surface area contributed by atoms with Crippen molar-refractivity contribution in [3.63, 3.8) is 0 Å². The van der Waals surface area contributed by atoms with Crippen molar-refractivity contribution in [1.82, 2.24) is 4.90 Å². The minimum absolute atomic E-state index is 0.0942. The van der Waals surface area contributed by atoms with Crippen molar-refractivity contribution in [2.45, 2.75) is 31.8 Å². The zero-order chi connectivity index (χ0) is 19.1. The molecule has 0 aliphatic carbocycles. The van der Waals surface area contributed by atoms with Crippen LogP contribution in [0, 0.1) is 0 Å². The Balaban J connectivity index is 1.59. The van der Waals surface area contributed by atoms with E-state index >= 15 is 0 Å². The van der Waals surface area contributed by atoms with Crippen LogP contribution < -0.4 is 10.1 Å². The van der Waals surface area contributed by atoms with Crippen LogP contribution in [0.3, 0.4) is 0 Å². The van der Waals surface area contributed by atoms with Crippen LogP contribution in [-0.4, -0.2) is 44.3 Å². The number of anilines is 1. The predicted octanol–water partition coefficient (Wildman–Crippen LogP) is 4.79. The highest BCUT2D eigenvalue weighted by Gasteiger charge is 2.16. The van der Waals surface area contributed by atoms with Gasteiger partial charge < -0.3 is 19.7 Å². The Morgan fingerprint density at radius 1 is 1.22 bits per heavy atom. The van der Waals surface area contributed by atoms with Crippen molar-refractivity contribution >= 4 is 11.7 Å². The van der Waals surface area contributed by atoms with Gasteiger partial charge in [-0.3, -0.25) is 0 Å². The van der Waals surface area contributed by atoms with E-state index in [0.29, 0.717) is 6.10 Å². The van der Waals surface area contributed by atoms with Crippen molar-refractivity contribution < 1.29 is 14.3 Å². The fourth-order valence-corrected chi connectivity index (χ4v) is 3.35. The first-order valence-corrected chi connectivity index (χ1v) is 9.54. The van der Waals surface area contributed by atoms with Gasteiger partial charge in [-0.1, -0.05) is 30.3 Å². The zero-order valence-electron chi connectivity index (χ0n) is 16.1. The molecule has 1 aliphatic heterocycles. The number of methoxy groups -OCH3 is 1. The highest BCUT2D eigenvalue weighted by Crippen LogP contribution is 2.29. The third-order valence-corrected chi connectivity index (χ3v) is 4.96. The largest absolute Gasteiger partial charge is 0.497 e. The Labute approximate surface area is 161 Å². The molecule has 27 heavy (non-hydrogen) atoms. The van der Waals surface area contributed by atoms with Crippen LogP contribution in [0.25, 0.3) is 11.1 Å². The maximum atomic E-state index is 12.6. The van der Waals surface area contributed by atoms with E-state index in [-0.39, 0.29) is 6.03 Å². The summed E-state index contributed by atoms with van der Waals surface area (Å²) < 4.78 is 10.9. The third kappa shape index (κ3) is 5.23. The number of nitrogens with one attached hydrogen (secondary N) is 1. The van der Waals surface area contributed by atoms with Crippen LogP contribution in [-0.2, 0) is 4.74 Å². The van der Waals surface area contributed by atoms with E-state index in [0.717, 1.165) is 61.4 Å². The van der Waals surface area contributed by atoms with Crippen molar-refractivity contribution in [2.24, 2.45) is 0 Å². The van der Waals surface area contributed by atoms with Crippen LogP contribution in [0.4, 0.5) is 10.5 Å². The normalized spacial score (nSPS) is 16.1. The molecule has 0 unspecified atom stereocenters. The van der Waals surface area contributed by atoms with Crippen molar-refractivity contribution in [1.29, 1.82) is 0 Å². The zero-order valence-corrected chi connectivity index (χ0v) is 16.1. The summed E-state index contributed by atoms with van der Waals surface area (Å²) in [6, 6.07) is 15.6. The van der Waals surface area contributed by atoms with Gasteiger partial charge in [0.2, 0.25) is 0 Å². The molecule has 2 aromatic carbocycles. The van der Waals surface area contributed by atoms with Crippen molar-refractivity contribution in [3.05, 3.63) is 48.5 Å². The van der Waals surface area contributed by atoms with E-state index in [1.807, 2.05) is 55.6 Å². The molecule has 144 valence electrons. The van der Waals surface area contributed by atoms with E-state index in [2.05, 4.69) is 5.32 Å². The quantitative estimate of drug-likeness (QED) is 0.765. The second-order valence-electron chi connectivity index (χ2n) is 6.90. The Kier molecular flexibility index (Phi) is 6.71. The summed E-state index contributed by atoms with van der Waals surface area (Å²) in [6.07, 6.45) is 4.64. The molecule has 0 saturated carbocycles. The van der Waals surface area contributed by atoms with Gasteiger partial charge in [0, 0.05) is 25.8 Å². The molecule has 5 heteroatoms. The van der Waals surface area contributed by atoms with Gasteiger partial charge in [-0.15, -0.1) is 0 Å². The average molecular weight is 368 g/mol. The van der Waals surface area contributed by atoms with Gasteiger partial charge in [-0.25, -0.2) is 4.79 Å². The van der Waals surface area contributed by atoms with E-state index in [4.69, 9.17) is 9.47 Å². The molecule has 1 aliphatic rings. The highest BCUT2D eigenvalue weighted by atomic mass is 16.5. The molecular formula is C22H28N2O3. The number of carbonyl (C=O) groups is 1. The fourth-order valence-electron chi connectivity index (χ4n) is 3.35. The van der Waals surface area contributed by atoms with Gasteiger partial charge in [0.25, 0.3) is 0 Å². The van der Waals surface area contributed by atoms with Gasteiger partial charge in [0.1, 0.15) is 5.75 Å². The first kappa shape index (κ1) is 19.2. The molecule has 0 spiro atoms. The maximum Gasteiger partial charge on any atom is 0.321 e. The van der Waals surface area contributed by atoms with Crippen LogP contribution in [0.15, 0.2) is 48.5 Å². The summed E-state index contributed by atoms with van der Waals surface area (Å²) in [4.78, 5) is 14.3. The Hall–Kier alpha value is -2.53. The standard InChI is InChI=1S/C22H28N2O3/c1-24(15-5-7-19-8-6-16-27-19)22(25)23-21-10-4-3-9-20(21)17-11-13-18(26-2)14-12-17/h3-4,9-14,19H,5-8,15-16H2,1-2H3,(H,23,25)/t19-/m1/s1. The number of hydrogen-bond donors (Lipinski definition) is 1. The van der Waals surface area contributed by atoms with Gasteiger partial charge in [-0.2, -0.15) is 0 Å². The number of nitrogens with zero attached hydrogens (tertiary/aromatic N) is 1. The number of benzene rings is 2. The Morgan fingerprint density at radius 2 is 2.00 bits per heavy atom. The second-order valence-corrected chi connectivity index (χ2v) is 6.90. The minimum atomic E-state index is -0.0942. The number of amides is 2. The Bertz CT molecular complexity index is 739. The molecule has 0 radical (unpaired) electrons. The molecule has 1 saturated heterocycles. The van der Waals surface area contributed by atoms with Crippen LogP contribution in [0.5, 0.6) is 5.75 Å². The summed E-state index contributed by atoms with van der Waals surface area (Å²) >= 11 is 0. The lowest BCUT2D eigenvalue weighted by molar-refractivity contribution is 0.101. The van der Waals surface area contributed by atoms with E-state index in [9.17, 15) is 4.79 Å².